The monoisotopic (exact) mass is 211 g/mol. The van der Waals surface area contributed by atoms with Crippen molar-refractivity contribution < 1.29 is 4.74 Å². The van der Waals surface area contributed by atoms with Gasteiger partial charge < -0.3 is 10.1 Å². The van der Waals surface area contributed by atoms with Crippen LogP contribution in [0.4, 0.5) is 0 Å². The highest BCUT2D eigenvalue weighted by Gasteiger charge is 2.13. The molecule has 0 saturated carbocycles. The van der Waals surface area contributed by atoms with Gasteiger partial charge in [0, 0.05) is 12.6 Å². The molecule has 0 bridgehead atoms. The summed E-state index contributed by atoms with van der Waals surface area (Å²) in [5, 5.41) is 3.40. The number of rotatable bonds is 7. The zero-order chi connectivity index (χ0) is 10.9. The van der Waals surface area contributed by atoms with Crippen molar-refractivity contribution in [2.75, 3.05) is 13.2 Å². The van der Waals surface area contributed by atoms with E-state index in [1.165, 1.54) is 25.7 Å². The smallest absolute Gasteiger partial charge is 0.0579 e. The Balaban J connectivity index is 1.88. The first kappa shape index (κ1) is 12.7. The van der Waals surface area contributed by atoms with Gasteiger partial charge in [0.2, 0.25) is 0 Å². The Kier molecular flexibility index (Phi) is 6.69. The lowest BCUT2D eigenvalue weighted by Crippen LogP contribution is -2.23. The highest BCUT2D eigenvalue weighted by Crippen LogP contribution is 2.16. The minimum absolute atomic E-state index is 0.545. The molecule has 1 fully saturated rings. The molecule has 1 unspecified atom stereocenters. The van der Waals surface area contributed by atoms with Gasteiger partial charge >= 0.3 is 0 Å². The Hall–Kier alpha value is -0.340. The first-order valence-electron chi connectivity index (χ1n) is 6.29. The number of hydrogen-bond donors (Lipinski definition) is 1. The average molecular weight is 211 g/mol. The summed E-state index contributed by atoms with van der Waals surface area (Å²) < 4.78 is 5.57. The van der Waals surface area contributed by atoms with Crippen molar-refractivity contribution in [3.63, 3.8) is 0 Å². The van der Waals surface area contributed by atoms with Crippen LogP contribution in [0.2, 0.25) is 0 Å². The highest BCUT2D eigenvalue weighted by atomic mass is 16.5. The number of allylic oxidation sites excluding steroid dienone is 1. The lowest BCUT2D eigenvalue weighted by molar-refractivity contribution is 0.105. The molecule has 1 heterocycles. The minimum Gasteiger partial charge on any atom is -0.378 e. The van der Waals surface area contributed by atoms with E-state index in [2.05, 4.69) is 31.3 Å². The van der Waals surface area contributed by atoms with E-state index in [-0.39, 0.29) is 0 Å². The zero-order valence-electron chi connectivity index (χ0n) is 10.2. The van der Waals surface area contributed by atoms with E-state index in [9.17, 15) is 0 Å². The van der Waals surface area contributed by atoms with Crippen molar-refractivity contribution in [2.45, 2.75) is 58.1 Å². The molecule has 0 aromatic rings. The van der Waals surface area contributed by atoms with Crippen molar-refractivity contribution in [3.8, 4) is 0 Å². The Morgan fingerprint density at radius 2 is 2.13 bits per heavy atom. The molecule has 0 aromatic heterocycles. The quantitative estimate of drug-likeness (QED) is 0.516. The third-order valence-corrected chi connectivity index (χ3v) is 2.71. The van der Waals surface area contributed by atoms with Crippen LogP contribution < -0.4 is 5.32 Å². The molecule has 1 saturated heterocycles. The van der Waals surface area contributed by atoms with E-state index in [1.807, 2.05) is 0 Å². The molecule has 1 aliphatic rings. The van der Waals surface area contributed by atoms with Crippen LogP contribution in [0.3, 0.4) is 0 Å². The van der Waals surface area contributed by atoms with Crippen LogP contribution in [0.1, 0.15) is 46.0 Å². The van der Waals surface area contributed by atoms with Gasteiger partial charge in [-0.05, 0) is 38.6 Å². The van der Waals surface area contributed by atoms with Crippen LogP contribution in [-0.2, 0) is 4.74 Å². The fraction of sp³-hybridized carbons (Fsp3) is 0.846. The van der Waals surface area contributed by atoms with Crippen molar-refractivity contribution in [2.24, 2.45) is 0 Å². The van der Waals surface area contributed by atoms with E-state index in [4.69, 9.17) is 4.74 Å². The maximum absolute atomic E-state index is 5.57. The molecular formula is C13H25NO. The Morgan fingerprint density at radius 1 is 1.33 bits per heavy atom. The maximum Gasteiger partial charge on any atom is 0.0579 e. The summed E-state index contributed by atoms with van der Waals surface area (Å²) in [5.74, 6) is 0. The molecule has 1 atom stereocenters. The standard InChI is InChI=1S/C13H25NO/c1-12(2)14-10-6-4-3-5-8-13-9-7-11-15-13/h3-4,12-14H,5-11H2,1-2H3. The van der Waals surface area contributed by atoms with Gasteiger partial charge in [0.25, 0.3) is 0 Å². The normalized spacial score (nSPS) is 21.9. The molecule has 0 aromatic carbocycles. The van der Waals surface area contributed by atoms with Crippen LogP contribution in [0, 0.1) is 0 Å². The van der Waals surface area contributed by atoms with Gasteiger partial charge in [0.15, 0.2) is 0 Å². The van der Waals surface area contributed by atoms with Crippen LogP contribution in [-0.4, -0.2) is 25.3 Å². The summed E-state index contributed by atoms with van der Waals surface area (Å²) in [6.07, 6.45) is 11.2. The summed E-state index contributed by atoms with van der Waals surface area (Å²) in [7, 11) is 0. The van der Waals surface area contributed by atoms with Gasteiger partial charge in [-0.15, -0.1) is 0 Å². The molecule has 2 nitrogen and oxygen atoms in total. The van der Waals surface area contributed by atoms with Gasteiger partial charge in [-0.2, -0.15) is 0 Å². The van der Waals surface area contributed by atoms with Crippen LogP contribution in [0.25, 0.3) is 0 Å². The van der Waals surface area contributed by atoms with Crippen molar-refractivity contribution in [3.05, 3.63) is 12.2 Å². The number of hydrogen-bond acceptors (Lipinski definition) is 2. The summed E-state index contributed by atoms with van der Waals surface area (Å²) in [4.78, 5) is 0. The van der Waals surface area contributed by atoms with E-state index < -0.39 is 0 Å². The van der Waals surface area contributed by atoms with Crippen molar-refractivity contribution in [1.29, 1.82) is 0 Å². The fourth-order valence-corrected chi connectivity index (χ4v) is 1.85. The predicted octanol–water partition coefficient (Wildman–Crippen LogP) is 2.89. The Labute approximate surface area is 94.1 Å². The summed E-state index contributed by atoms with van der Waals surface area (Å²) in [6, 6.07) is 0.602. The largest absolute Gasteiger partial charge is 0.378 e. The van der Waals surface area contributed by atoms with E-state index in [0.717, 1.165) is 19.6 Å². The SMILES string of the molecule is CC(C)NCCC=CCCC1CCCO1. The summed E-state index contributed by atoms with van der Waals surface area (Å²) in [5.41, 5.74) is 0. The molecule has 0 amide bonds. The lowest BCUT2D eigenvalue weighted by atomic mass is 10.1. The van der Waals surface area contributed by atoms with E-state index in [0.29, 0.717) is 12.1 Å². The molecule has 0 spiro atoms. The second-order valence-corrected chi connectivity index (χ2v) is 4.58. The third kappa shape index (κ3) is 6.69. The second kappa shape index (κ2) is 7.89. The average Bonchev–Trinajstić information content (AvgIpc) is 2.68. The number of nitrogens with one attached hydrogen (secondary N) is 1. The molecular weight excluding hydrogens is 186 g/mol. The first-order chi connectivity index (χ1) is 7.29. The third-order valence-electron chi connectivity index (χ3n) is 2.71. The van der Waals surface area contributed by atoms with Gasteiger partial charge in [-0.25, -0.2) is 0 Å². The maximum atomic E-state index is 5.57. The molecule has 0 aliphatic carbocycles. The van der Waals surface area contributed by atoms with E-state index in [1.54, 1.807) is 0 Å². The van der Waals surface area contributed by atoms with Gasteiger partial charge in [-0.3, -0.25) is 0 Å². The number of ether oxygens (including phenoxy) is 1. The van der Waals surface area contributed by atoms with Crippen LogP contribution >= 0.6 is 0 Å². The zero-order valence-corrected chi connectivity index (χ0v) is 10.2. The minimum atomic E-state index is 0.545. The highest BCUT2D eigenvalue weighted by molar-refractivity contribution is 4.83. The lowest BCUT2D eigenvalue weighted by Gasteiger charge is -2.06. The predicted molar refractivity (Wildman–Crippen MR) is 65.1 cm³/mol. The summed E-state index contributed by atoms with van der Waals surface area (Å²) >= 11 is 0. The van der Waals surface area contributed by atoms with Crippen molar-refractivity contribution >= 4 is 0 Å². The molecule has 0 radical (unpaired) electrons. The Morgan fingerprint density at radius 3 is 2.80 bits per heavy atom. The molecule has 15 heavy (non-hydrogen) atoms. The van der Waals surface area contributed by atoms with Gasteiger partial charge in [0.05, 0.1) is 6.10 Å². The molecule has 2 heteroatoms. The summed E-state index contributed by atoms with van der Waals surface area (Å²) in [6.45, 7) is 6.43. The fourth-order valence-electron chi connectivity index (χ4n) is 1.85. The van der Waals surface area contributed by atoms with Gasteiger partial charge in [-0.1, -0.05) is 26.0 Å². The van der Waals surface area contributed by atoms with Crippen LogP contribution in [0.5, 0.6) is 0 Å². The van der Waals surface area contributed by atoms with Crippen LogP contribution in [0.15, 0.2) is 12.2 Å². The topological polar surface area (TPSA) is 21.3 Å². The van der Waals surface area contributed by atoms with Crippen molar-refractivity contribution in [1.82, 2.24) is 5.32 Å². The molecule has 1 aliphatic heterocycles. The second-order valence-electron chi connectivity index (χ2n) is 4.58. The first-order valence-corrected chi connectivity index (χ1v) is 6.29. The van der Waals surface area contributed by atoms with E-state index >= 15 is 0 Å². The molecule has 88 valence electrons. The van der Waals surface area contributed by atoms with Gasteiger partial charge in [0.1, 0.15) is 0 Å². The molecule has 1 N–H and O–H groups in total. The Bertz CT molecular complexity index is 171. The molecule has 1 rings (SSSR count).